The lowest BCUT2D eigenvalue weighted by molar-refractivity contribution is -0.137. The standard InChI is InChI=1S/C20H28O4/c21-19-13-12-17(15-24-14-16-8-4-3-5-9-16)18(19)10-6-1-2-7-11-20(22)23/h1,3-6,8-9,17-19,21H,2,7,10-15H2,(H,22,23). The Kier molecular flexibility index (Phi) is 7.99. The summed E-state index contributed by atoms with van der Waals surface area (Å²) < 4.78 is 5.85. The number of carboxylic acids is 1. The lowest BCUT2D eigenvalue weighted by atomic mass is 9.92. The first-order chi connectivity index (χ1) is 11.7. The van der Waals surface area contributed by atoms with Gasteiger partial charge in [0.05, 0.1) is 19.3 Å². The van der Waals surface area contributed by atoms with Crippen LogP contribution in [0, 0.1) is 11.8 Å². The van der Waals surface area contributed by atoms with E-state index in [1.807, 2.05) is 24.3 Å². The van der Waals surface area contributed by atoms with Crippen LogP contribution in [0.5, 0.6) is 0 Å². The number of aliphatic carboxylic acids is 1. The molecular weight excluding hydrogens is 304 g/mol. The largest absolute Gasteiger partial charge is 0.481 e. The van der Waals surface area contributed by atoms with Crippen LogP contribution in [0.4, 0.5) is 0 Å². The minimum atomic E-state index is -0.745. The molecule has 132 valence electrons. The van der Waals surface area contributed by atoms with E-state index >= 15 is 0 Å². The number of allylic oxidation sites excluding steroid dienone is 2. The molecule has 0 heterocycles. The zero-order chi connectivity index (χ0) is 17.2. The molecular formula is C20H28O4. The third-order valence-electron chi connectivity index (χ3n) is 4.71. The number of ether oxygens (including phenoxy) is 1. The Labute approximate surface area is 144 Å². The monoisotopic (exact) mass is 332 g/mol. The van der Waals surface area contributed by atoms with E-state index in [9.17, 15) is 9.90 Å². The second-order valence-corrected chi connectivity index (χ2v) is 6.56. The average Bonchev–Trinajstić information content (AvgIpc) is 2.92. The Morgan fingerprint density at radius 3 is 2.75 bits per heavy atom. The van der Waals surface area contributed by atoms with Crippen LogP contribution < -0.4 is 0 Å². The van der Waals surface area contributed by atoms with Crippen LogP contribution in [-0.2, 0) is 16.1 Å². The molecule has 4 heteroatoms. The number of unbranched alkanes of at least 4 members (excludes halogenated alkanes) is 1. The van der Waals surface area contributed by atoms with Gasteiger partial charge in [-0.15, -0.1) is 0 Å². The van der Waals surface area contributed by atoms with E-state index in [2.05, 4.69) is 18.2 Å². The van der Waals surface area contributed by atoms with E-state index in [4.69, 9.17) is 9.84 Å². The Morgan fingerprint density at radius 2 is 2.00 bits per heavy atom. The smallest absolute Gasteiger partial charge is 0.303 e. The fourth-order valence-corrected chi connectivity index (χ4v) is 3.33. The highest BCUT2D eigenvalue weighted by Crippen LogP contribution is 2.35. The summed E-state index contributed by atoms with van der Waals surface area (Å²) in [7, 11) is 0. The Balaban J connectivity index is 1.69. The first-order valence-electron chi connectivity index (χ1n) is 8.83. The van der Waals surface area contributed by atoms with Gasteiger partial charge in [-0.1, -0.05) is 42.5 Å². The van der Waals surface area contributed by atoms with Gasteiger partial charge in [0.1, 0.15) is 0 Å². The van der Waals surface area contributed by atoms with Gasteiger partial charge < -0.3 is 14.9 Å². The summed E-state index contributed by atoms with van der Waals surface area (Å²) in [6.45, 7) is 1.30. The minimum absolute atomic E-state index is 0.215. The Bertz CT molecular complexity index is 512. The van der Waals surface area contributed by atoms with Crippen LogP contribution in [0.25, 0.3) is 0 Å². The van der Waals surface area contributed by atoms with Gasteiger partial charge in [-0.3, -0.25) is 4.79 Å². The van der Waals surface area contributed by atoms with Crippen molar-refractivity contribution in [1.82, 2.24) is 0 Å². The Hall–Kier alpha value is -1.65. The lowest BCUT2D eigenvalue weighted by Gasteiger charge is -2.20. The summed E-state index contributed by atoms with van der Waals surface area (Å²) >= 11 is 0. The lowest BCUT2D eigenvalue weighted by Crippen LogP contribution is -2.22. The van der Waals surface area contributed by atoms with Crippen molar-refractivity contribution in [2.24, 2.45) is 11.8 Å². The predicted molar refractivity (Wildman–Crippen MR) is 93.6 cm³/mol. The molecule has 0 amide bonds. The molecule has 3 unspecified atom stereocenters. The van der Waals surface area contributed by atoms with Gasteiger partial charge >= 0.3 is 5.97 Å². The molecule has 0 saturated heterocycles. The second kappa shape index (κ2) is 10.3. The highest BCUT2D eigenvalue weighted by atomic mass is 16.5. The number of hydrogen-bond acceptors (Lipinski definition) is 3. The van der Waals surface area contributed by atoms with E-state index < -0.39 is 5.97 Å². The normalized spacial score (nSPS) is 23.8. The highest BCUT2D eigenvalue weighted by Gasteiger charge is 2.33. The molecule has 0 bridgehead atoms. The van der Waals surface area contributed by atoms with E-state index in [0.29, 0.717) is 25.6 Å². The molecule has 24 heavy (non-hydrogen) atoms. The van der Waals surface area contributed by atoms with Crippen molar-refractivity contribution in [3.63, 3.8) is 0 Å². The van der Waals surface area contributed by atoms with Gasteiger partial charge in [-0.05, 0) is 49.5 Å². The van der Waals surface area contributed by atoms with E-state index in [0.717, 1.165) is 25.7 Å². The second-order valence-electron chi connectivity index (χ2n) is 6.56. The van der Waals surface area contributed by atoms with Gasteiger partial charge in [0.25, 0.3) is 0 Å². The maximum absolute atomic E-state index is 10.5. The molecule has 1 aliphatic rings. The third kappa shape index (κ3) is 6.46. The molecule has 3 atom stereocenters. The van der Waals surface area contributed by atoms with Crippen molar-refractivity contribution in [3.8, 4) is 0 Å². The number of carbonyl (C=O) groups is 1. The molecule has 2 rings (SSSR count). The van der Waals surface area contributed by atoms with Crippen LogP contribution in [0.1, 0.15) is 44.1 Å². The molecule has 1 aromatic carbocycles. The maximum atomic E-state index is 10.5. The highest BCUT2D eigenvalue weighted by molar-refractivity contribution is 5.66. The number of hydrogen-bond donors (Lipinski definition) is 2. The summed E-state index contributed by atoms with van der Waals surface area (Å²) in [4.78, 5) is 10.5. The molecule has 0 spiro atoms. The first kappa shape index (κ1) is 18.7. The number of carboxylic acid groups (broad SMARTS) is 1. The molecule has 0 radical (unpaired) electrons. The zero-order valence-electron chi connectivity index (χ0n) is 14.1. The quantitative estimate of drug-likeness (QED) is 0.505. The van der Waals surface area contributed by atoms with Crippen molar-refractivity contribution >= 4 is 5.97 Å². The van der Waals surface area contributed by atoms with Crippen LogP contribution in [0.2, 0.25) is 0 Å². The minimum Gasteiger partial charge on any atom is -0.481 e. The van der Waals surface area contributed by atoms with Gasteiger partial charge in [-0.25, -0.2) is 0 Å². The molecule has 2 N–H and O–H groups in total. The van der Waals surface area contributed by atoms with Gasteiger partial charge in [0.15, 0.2) is 0 Å². The third-order valence-corrected chi connectivity index (χ3v) is 4.71. The molecule has 4 nitrogen and oxygen atoms in total. The van der Waals surface area contributed by atoms with Crippen molar-refractivity contribution < 1.29 is 19.7 Å². The maximum Gasteiger partial charge on any atom is 0.303 e. The topological polar surface area (TPSA) is 66.8 Å². The summed E-state index contributed by atoms with van der Waals surface area (Å²) in [6, 6.07) is 10.1. The summed E-state index contributed by atoms with van der Waals surface area (Å²) in [5.74, 6) is -0.103. The van der Waals surface area contributed by atoms with Crippen molar-refractivity contribution in [3.05, 3.63) is 48.0 Å². The van der Waals surface area contributed by atoms with Crippen LogP contribution in [0.15, 0.2) is 42.5 Å². The molecule has 0 aliphatic heterocycles. The van der Waals surface area contributed by atoms with Crippen LogP contribution in [0.3, 0.4) is 0 Å². The molecule has 1 fully saturated rings. The van der Waals surface area contributed by atoms with Gasteiger partial charge in [0.2, 0.25) is 0 Å². The van der Waals surface area contributed by atoms with E-state index in [-0.39, 0.29) is 18.4 Å². The van der Waals surface area contributed by atoms with E-state index in [1.54, 1.807) is 0 Å². The summed E-state index contributed by atoms with van der Waals surface area (Å²) in [6.07, 6.45) is 8.23. The Morgan fingerprint density at radius 1 is 1.21 bits per heavy atom. The molecule has 1 aliphatic carbocycles. The summed E-state index contributed by atoms with van der Waals surface area (Å²) in [5, 5.41) is 18.8. The fourth-order valence-electron chi connectivity index (χ4n) is 3.33. The number of rotatable bonds is 10. The van der Waals surface area contributed by atoms with Crippen molar-refractivity contribution in [2.75, 3.05) is 6.61 Å². The zero-order valence-corrected chi connectivity index (χ0v) is 14.1. The van der Waals surface area contributed by atoms with Crippen LogP contribution in [-0.4, -0.2) is 28.9 Å². The van der Waals surface area contributed by atoms with Gasteiger partial charge in [-0.2, -0.15) is 0 Å². The number of benzene rings is 1. The molecule has 1 saturated carbocycles. The SMILES string of the molecule is O=C(O)CCCC=CCC1C(O)CCC1COCc1ccccc1. The number of aliphatic hydroxyl groups excluding tert-OH is 1. The first-order valence-corrected chi connectivity index (χ1v) is 8.83. The van der Waals surface area contributed by atoms with E-state index in [1.165, 1.54) is 5.56 Å². The van der Waals surface area contributed by atoms with Crippen LogP contribution >= 0.6 is 0 Å². The van der Waals surface area contributed by atoms with Crippen molar-refractivity contribution in [2.45, 2.75) is 51.2 Å². The predicted octanol–water partition coefficient (Wildman–Crippen LogP) is 3.79. The molecule has 1 aromatic rings. The number of aliphatic hydroxyl groups is 1. The van der Waals surface area contributed by atoms with Crippen molar-refractivity contribution in [1.29, 1.82) is 0 Å². The summed E-state index contributed by atoms with van der Waals surface area (Å²) in [5.41, 5.74) is 1.17. The molecule has 0 aromatic heterocycles. The average molecular weight is 332 g/mol. The van der Waals surface area contributed by atoms with Gasteiger partial charge in [0, 0.05) is 6.42 Å². The fraction of sp³-hybridized carbons (Fsp3) is 0.550.